The Labute approximate surface area is 107 Å². The Bertz CT molecular complexity index is 378. The Balaban J connectivity index is 2.00. The van der Waals surface area contributed by atoms with Gasteiger partial charge in [0.2, 0.25) is 0 Å². The lowest BCUT2D eigenvalue weighted by molar-refractivity contribution is 0.136. The summed E-state index contributed by atoms with van der Waals surface area (Å²) in [5.74, 6) is 0.670. The number of aliphatic hydroxyl groups is 1. The summed E-state index contributed by atoms with van der Waals surface area (Å²) < 4.78 is 5.10. The molecule has 2 N–H and O–H groups in total. The maximum Gasteiger partial charge on any atom is 0.137 e. The van der Waals surface area contributed by atoms with Crippen LogP contribution in [0.5, 0.6) is 5.75 Å². The fraction of sp³-hybridized carbons (Fsp3) is 0.538. The average molecular weight is 256 g/mol. The minimum absolute atomic E-state index is 0.218. The topological polar surface area (TPSA) is 41.5 Å². The van der Waals surface area contributed by atoms with Gasteiger partial charge in [0.25, 0.3) is 0 Å². The Morgan fingerprint density at radius 2 is 2.41 bits per heavy atom. The zero-order chi connectivity index (χ0) is 12.3. The van der Waals surface area contributed by atoms with Crippen LogP contribution in [0.3, 0.4) is 0 Å². The molecule has 2 atom stereocenters. The lowest BCUT2D eigenvalue weighted by Crippen LogP contribution is -2.36. The number of halogens is 1. The van der Waals surface area contributed by atoms with E-state index in [9.17, 15) is 5.11 Å². The normalized spacial score (nSPS) is 21.5. The molecule has 0 spiro atoms. The molecule has 0 bridgehead atoms. The molecule has 0 aromatic heterocycles. The molecule has 1 aromatic carbocycles. The summed E-state index contributed by atoms with van der Waals surface area (Å²) in [5, 5.41) is 14.0. The summed E-state index contributed by atoms with van der Waals surface area (Å²) in [4.78, 5) is 0. The van der Waals surface area contributed by atoms with Crippen molar-refractivity contribution in [2.24, 2.45) is 0 Å². The number of methoxy groups -OCH3 is 1. The number of rotatable bonds is 4. The van der Waals surface area contributed by atoms with Crippen LogP contribution in [-0.2, 0) is 6.42 Å². The first kappa shape index (κ1) is 12.7. The highest BCUT2D eigenvalue weighted by Gasteiger charge is 2.22. The van der Waals surface area contributed by atoms with Gasteiger partial charge < -0.3 is 15.2 Å². The minimum atomic E-state index is -0.345. The van der Waals surface area contributed by atoms with Crippen LogP contribution in [0.1, 0.15) is 18.4 Å². The number of benzene rings is 1. The van der Waals surface area contributed by atoms with E-state index in [1.54, 1.807) is 7.11 Å². The van der Waals surface area contributed by atoms with Crippen LogP contribution < -0.4 is 10.1 Å². The van der Waals surface area contributed by atoms with E-state index in [2.05, 4.69) is 5.32 Å². The van der Waals surface area contributed by atoms with E-state index in [1.807, 2.05) is 18.2 Å². The molecule has 2 unspecified atom stereocenters. The molecule has 1 saturated heterocycles. The van der Waals surface area contributed by atoms with Crippen molar-refractivity contribution < 1.29 is 9.84 Å². The predicted octanol–water partition coefficient (Wildman–Crippen LogP) is 2.00. The number of hydrogen-bond acceptors (Lipinski definition) is 3. The first-order valence-electron chi connectivity index (χ1n) is 5.94. The molecule has 3 nitrogen and oxygen atoms in total. The lowest BCUT2D eigenvalue weighted by Gasteiger charge is -2.18. The second kappa shape index (κ2) is 5.71. The Kier molecular flexibility index (Phi) is 4.26. The van der Waals surface area contributed by atoms with Gasteiger partial charge in [0.05, 0.1) is 18.2 Å². The number of hydrogen-bond donors (Lipinski definition) is 2. The monoisotopic (exact) mass is 255 g/mol. The third kappa shape index (κ3) is 3.12. The SMILES string of the molecule is COc1ccc(CC(O)C2CCCN2)cc1Cl. The van der Waals surface area contributed by atoms with Gasteiger partial charge in [-0.3, -0.25) is 0 Å². The number of aliphatic hydroxyl groups excluding tert-OH is 1. The first-order valence-corrected chi connectivity index (χ1v) is 6.32. The van der Waals surface area contributed by atoms with Crippen molar-refractivity contribution >= 4 is 11.6 Å². The van der Waals surface area contributed by atoms with E-state index in [0.717, 1.165) is 24.9 Å². The van der Waals surface area contributed by atoms with Crippen molar-refractivity contribution in [1.29, 1.82) is 0 Å². The van der Waals surface area contributed by atoms with Crippen LogP contribution in [-0.4, -0.2) is 30.9 Å². The van der Waals surface area contributed by atoms with Crippen molar-refractivity contribution in [3.05, 3.63) is 28.8 Å². The van der Waals surface area contributed by atoms with E-state index in [1.165, 1.54) is 0 Å². The molecule has 1 heterocycles. The Morgan fingerprint density at radius 3 is 3.00 bits per heavy atom. The van der Waals surface area contributed by atoms with Crippen LogP contribution in [0.25, 0.3) is 0 Å². The van der Waals surface area contributed by atoms with Crippen molar-refractivity contribution in [2.75, 3.05) is 13.7 Å². The second-order valence-electron chi connectivity index (χ2n) is 4.44. The number of nitrogens with one attached hydrogen (secondary N) is 1. The maximum absolute atomic E-state index is 10.1. The summed E-state index contributed by atoms with van der Waals surface area (Å²) in [6.07, 6.45) is 2.47. The molecule has 4 heteroatoms. The zero-order valence-electron chi connectivity index (χ0n) is 9.95. The van der Waals surface area contributed by atoms with E-state index < -0.39 is 0 Å². The molecule has 0 aliphatic carbocycles. The van der Waals surface area contributed by atoms with Crippen molar-refractivity contribution in [1.82, 2.24) is 5.32 Å². The van der Waals surface area contributed by atoms with E-state index in [4.69, 9.17) is 16.3 Å². The highest BCUT2D eigenvalue weighted by molar-refractivity contribution is 6.32. The maximum atomic E-state index is 10.1. The molecule has 1 aliphatic heterocycles. The molecule has 1 aromatic rings. The molecular weight excluding hydrogens is 238 g/mol. The predicted molar refractivity (Wildman–Crippen MR) is 68.7 cm³/mol. The molecular formula is C13H18ClNO2. The fourth-order valence-corrected chi connectivity index (χ4v) is 2.54. The van der Waals surface area contributed by atoms with Gasteiger partial charge in [-0.1, -0.05) is 17.7 Å². The molecule has 0 radical (unpaired) electrons. The van der Waals surface area contributed by atoms with Crippen LogP contribution in [0, 0.1) is 0 Å². The Hall–Kier alpha value is -0.770. The van der Waals surface area contributed by atoms with Crippen LogP contribution in [0.15, 0.2) is 18.2 Å². The molecule has 0 saturated carbocycles. The third-order valence-electron chi connectivity index (χ3n) is 3.22. The van der Waals surface area contributed by atoms with E-state index >= 15 is 0 Å². The van der Waals surface area contributed by atoms with Gasteiger partial charge in [-0.25, -0.2) is 0 Å². The molecule has 0 amide bonds. The van der Waals surface area contributed by atoms with Gasteiger partial charge in [0, 0.05) is 6.04 Å². The highest BCUT2D eigenvalue weighted by Crippen LogP contribution is 2.26. The summed E-state index contributed by atoms with van der Waals surface area (Å²) in [6.45, 7) is 1.01. The van der Waals surface area contributed by atoms with Gasteiger partial charge in [0.15, 0.2) is 0 Å². The summed E-state index contributed by atoms with van der Waals surface area (Å²) >= 11 is 6.05. The first-order chi connectivity index (χ1) is 8.20. The van der Waals surface area contributed by atoms with Gasteiger partial charge in [-0.15, -0.1) is 0 Å². The van der Waals surface area contributed by atoms with Gasteiger partial charge in [-0.2, -0.15) is 0 Å². The smallest absolute Gasteiger partial charge is 0.137 e. The lowest BCUT2D eigenvalue weighted by atomic mass is 10.0. The van der Waals surface area contributed by atoms with Crippen LogP contribution in [0.4, 0.5) is 0 Å². The standard InChI is InChI=1S/C13H18ClNO2/c1-17-13-5-4-9(7-10(13)14)8-12(16)11-3-2-6-15-11/h4-5,7,11-12,15-16H,2-3,6,8H2,1H3. The zero-order valence-corrected chi connectivity index (χ0v) is 10.7. The van der Waals surface area contributed by atoms with Gasteiger partial charge in [0.1, 0.15) is 5.75 Å². The summed E-state index contributed by atoms with van der Waals surface area (Å²) in [5.41, 5.74) is 1.04. The van der Waals surface area contributed by atoms with Crippen molar-refractivity contribution in [3.63, 3.8) is 0 Å². The summed E-state index contributed by atoms with van der Waals surface area (Å²) in [6, 6.07) is 5.87. The summed E-state index contributed by atoms with van der Waals surface area (Å²) in [7, 11) is 1.60. The van der Waals surface area contributed by atoms with E-state index in [-0.39, 0.29) is 12.1 Å². The molecule has 1 fully saturated rings. The minimum Gasteiger partial charge on any atom is -0.495 e. The molecule has 17 heavy (non-hydrogen) atoms. The largest absolute Gasteiger partial charge is 0.495 e. The van der Waals surface area contributed by atoms with Gasteiger partial charge >= 0.3 is 0 Å². The van der Waals surface area contributed by atoms with E-state index in [0.29, 0.717) is 17.2 Å². The van der Waals surface area contributed by atoms with Gasteiger partial charge in [-0.05, 0) is 43.5 Å². The highest BCUT2D eigenvalue weighted by atomic mass is 35.5. The number of ether oxygens (including phenoxy) is 1. The third-order valence-corrected chi connectivity index (χ3v) is 3.52. The average Bonchev–Trinajstić information content (AvgIpc) is 2.82. The molecule has 1 aliphatic rings. The van der Waals surface area contributed by atoms with Crippen LogP contribution >= 0.6 is 11.6 Å². The van der Waals surface area contributed by atoms with Crippen molar-refractivity contribution in [3.8, 4) is 5.75 Å². The van der Waals surface area contributed by atoms with Crippen LogP contribution in [0.2, 0.25) is 5.02 Å². The molecule has 94 valence electrons. The Morgan fingerprint density at radius 1 is 1.59 bits per heavy atom. The van der Waals surface area contributed by atoms with Crippen molar-refractivity contribution in [2.45, 2.75) is 31.4 Å². The second-order valence-corrected chi connectivity index (χ2v) is 4.85. The quantitative estimate of drug-likeness (QED) is 0.865. The molecule has 2 rings (SSSR count). The fourth-order valence-electron chi connectivity index (χ4n) is 2.26.